The Morgan fingerprint density at radius 2 is 2.00 bits per heavy atom. The molecule has 0 aliphatic carbocycles. The second kappa shape index (κ2) is 7.54. The number of hydrogen-bond donors (Lipinski definition) is 1. The van der Waals surface area contributed by atoms with Crippen LogP contribution in [0.4, 0.5) is 0 Å². The summed E-state index contributed by atoms with van der Waals surface area (Å²) in [7, 11) is 1.24. The van der Waals surface area contributed by atoms with E-state index in [4.69, 9.17) is 0 Å². The zero-order valence-electron chi connectivity index (χ0n) is 7.96. The molecular formula is C8H15NO4. The lowest BCUT2D eigenvalue weighted by molar-refractivity contribution is -0.156. The van der Waals surface area contributed by atoms with Crippen LogP contribution in [-0.2, 0) is 19.1 Å². The summed E-state index contributed by atoms with van der Waals surface area (Å²) in [6.07, 6.45) is 0.269. The molecule has 0 atom stereocenters. The Morgan fingerprint density at radius 3 is 2.54 bits per heavy atom. The number of rotatable bonds is 6. The standard InChI is InChI=1S/C8H15NO4/c1-3-9-5-4-7(10)13-6-8(11)12-2/h9H,3-6H2,1-2H3. The summed E-state index contributed by atoms with van der Waals surface area (Å²) < 4.78 is 8.88. The van der Waals surface area contributed by atoms with Crippen molar-refractivity contribution < 1.29 is 19.1 Å². The summed E-state index contributed by atoms with van der Waals surface area (Å²) in [5, 5.41) is 2.96. The number of hydrogen-bond acceptors (Lipinski definition) is 5. The fourth-order valence-corrected chi connectivity index (χ4v) is 0.638. The number of carbonyl (C=O) groups excluding carboxylic acids is 2. The number of ether oxygens (including phenoxy) is 2. The van der Waals surface area contributed by atoms with Gasteiger partial charge in [0.2, 0.25) is 0 Å². The Morgan fingerprint density at radius 1 is 1.31 bits per heavy atom. The zero-order chi connectivity index (χ0) is 10.1. The van der Waals surface area contributed by atoms with Crippen LogP contribution in [-0.4, -0.2) is 38.7 Å². The van der Waals surface area contributed by atoms with Crippen LogP contribution in [0.1, 0.15) is 13.3 Å². The summed E-state index contributed by atoms with van der Waals surface area (Å²) in [5.74, 6) is -0.942. The van der Waals surface area contributed by atoms with Crippen molar-refractivity contribution >= 4 is 11.9 Å². The van der Waals surface area contributed by atoms with Gasteiger partial charge in [-0.2, -0.15) is 0 Å². The molecule has 5 heteroatoms. The minimum atomic E-state index is -0.545. The molecule has 1 N–H and O–H groups in total. The monoisotopic (exact) mass is 189 g/mol. The molecule has 0 aromatic heterocycles. The third kappa shape index (κ3) is 7.27. The Bertz CT molecular complexity index is 170. The molecule has 0 rings (SSSR count). The van der Waals surface area contributed by atoms with Crippen LogP contribution < -0.4 is 5.32 Å². The van der Waals surface area contributed by atoms with Gasteiger partial charge in [0.25, 0.3) is 0 Å². The first-order valence-corrected chi connectivity index (χ1v) is 4.13. The van der Waals surface area contributed by atoms with E-state index in [-0.39, 0.29) is 13.0 Å². The second-order valence-corrected chi connectivity index (χ2v) is 2.34. The van der Waals surface area contributed by atoms with E-state index in [1.54, 1.807) is 0 Å². The molecule has 0 saturated carbocycles. The number of esters is 2. The van der Waals surface area contributed by atoms with Crippen molar-refractivity contribution in [3.63, 3.8) is 0 Å². The van der Waals surface area contributed by atoms with E-state index in [0.29, 0.717) is 6.54 Å². The van der Waals surface area contributed by atoms with E-state index < -0.39 is 11.9 Å². The first-order valence-electron chi connectivity index (χ1n) is 4.13. The van der Waals surface area contributed by atoms with Gasteiger partial charge in [0.15, 0.2) is 6.61 Å². The van der Waals surface area contributed by atoms with E-state index in [9.17, 15) is 9.59 Å². The van der Waals surface area contributed by atoms with Crippen LogP contribution in [0, 0.1) is 0 Å². The molecule has 0 saturated heterocycles. The van der Waals surface area contributed by atoms with Crippen molar-refractivity contribution in [2.45, 2.75) is 13.3 Å². The van der Waals surface area contributed by atoms with Crippen molar-refractivity contribution in [3.05, 3.63) is 0 Å². The van der Waals surface area contributed by atoms with E-state index in [2.05, 4.69) is 14.8 Å². The normalized spacial score (nSPS) is 9.38. The lowest BCUT2D eigenvalue weighted by Crippen LogP contribution is -2.21. The maximum Gasteiger partial charge on any atom is 0.344 e. The SMILES string of the molecule is CCNCCC(=O)OCC(=O)OC. The minimum absolute atomic E-state index is 0.269. The first kappa shape index (κ1) is 11.9. The fraction of sp³-hybridized carbons (Fsp3) is 0.750. The second-order valence-electron chi connectivity index (χ2n) is 2.34. The highest BCUT2D eigenvalue weighted by atomic mass is 16.6. The lowest BCUT2D eigenvalue weighted by Gasteiger charge is -2.03. The number of nitrogens with one attached hydrogen (secondary N) is 1. The van der Waals surface area contributed by atoms with Gasteiger partial charge in [-0.25, -0.2) is 4.79 Å². The quantitative estimate of drug-likeness (QED) is 0.459. The highest BCUT2D eigenvalue weighted by molar-refractivity contribution is 5.76. The van der Waals surface area contributed by atoms with Gasteiger partial charge >= 0.3 is 11.9 Å². The van der Waals surface area contributed by atoms with Crippen LogP contribution in [0.3, 0.4) is 0 Å². The Balaban J connectivity index is 3.35. The molecule has 0 radical (unpaired) electrons. The molecule has 0 aliphatic heterocycles. The molecule has 0 spiro atoms. The fourth-order valence-electron chi connectivity index (χ4n) is 0.638. The van der Waals surface area contributed by atoms with Crippen LogP contribution in [0.15, 0.2) is 0 Å². The Kier molecular flexibility index (Phi) is 6.91. The number of carbonyl (C=O) groups is 2. The molecule has 0 aliphatic rings. The molecule has 0 amide bonds. The largest absolute Gasteiger partial charge is 0.466 e. The van der Waals surface area contributed by atoms with Gasteiger partial charge in [0.05, 0.1) is 13.5 Å². The van der Waals surface area contributed by atoms with E-state index in [0.717, 1.165) is 6.54 Å². The van der Waals surface area contributed by atoms with Gasteiger partial charge in [-0.3, -0.25) is 4.79 Å². The third-order valence-electron chi connectivity index (χ3n) is 1.33. The predicted molar refractivity (Wildman–Crippen MR) is 46.1 cm³/mol. The van der Waals surface area contributed by atoms with Crippen LogP contribution in [0.2, 0.25) is 0 Å². The average molecular weight is 189 g/mol. The summed E-state index contributed by atoms with van der Waals surface area (Å²) in [5.41, 5.74) is 0. The molecular weight excluding hydrogens is 174 g/mol. The van der Waals surface area contributed by atoms with Crippen LogP contribution >= 0.6 is 0 Å². The molecule has 0 aromatic carbocycles. The van der Waals surface area contributed by atoms with Gasteiger partial charge in [0, 0.05) is 6.54 Å². The van der Waals surface area contributed by atoms with Gasteiger partial charge in [-0.15, -0.1) is 0 Å². The maximum absolute atomic E-state index is 10.9. The Labute approximate surface area is 77.4 Å². The molecule has 5 nitrogen and oxygen atoms in total. The predicted octanol–water partition coefficient (Wildman–Crippen LogP) is -0.298. The van der Waals surface area contributed by atoms with Crippen molar-refractivity contribution in [1.82, 2.24) is 5.32 Å². The maximum atomic E-state index is 10.9. The van der Waals surface area contributed by atoms with E-state index in [1.165, 1.54) is 7.11 Å². The van der Waals surface area contributed by atoms with Gasteiger partial charge in [-0.1, -0.05) is 6.92 Å². The van der Waals surface area contributed by atoms with Crippen molar-refractivity contribution in [3.8, 4) is 0 Å². The van der Waals surface area contributed by atoms with Gasteiger partial charge < -0.3 is 14.8 Å². The zero-order valence-corrected chi connectivity index (χ0v) is 7.96. The van der Waals surface area contributed by atoms with Gasteiger partial charge in [0.1, 0.15) is 0 Å². The molecule has 0 heterocycles. The van der Waals surface area contributed by atoms with Gasteiger partial charge in [-0.05, 0) is 6.54 Å². The third-order valence-corrected chi connectivity index (χ3v) is 1.33. The molecule has 0 unspecified atom stereocenters. The van der Waals surface area contributed by atoms with Crippen molar-refractivity contribution in [2.24, 2.45) is 0 Å². The van der Waals surface area contributed by atoms with Crippen LogP contribution in [0.25, 0.3) is 0 Å². The average Bonchev–Trinajstić information content (AvgIpc) is 2.14. The highest BCUT2D eigenvalue weighted by Crippen LogP contribution is 1.86. The summed E-state index contributed by atoms with van der Waals surface area (Å²) in [4.78, 5) is 21.4. The molecule has 76 valence electrons. The van der Waals surface area contributed by atoms with Crippen molar-refractivity contribution in [1.29, 1.82) is 0 Å². The lowest BCUT2D eigenvalue weighted by atomic mass is 10.4. The molecule has 0 bridgehead atoms. The first-order chi connectivity index (χ1) is 6.20. The summed E-state index contributed by atoms with van der Waals surface area (Å²) in [6, 6.07) is 0. The van der Waals surface area contributed by atoms with Crippen molar-refractivity contribution in [2.75, 3.05) is 26.8 Å². The topological polar surface area (TPSA) is 64.6 Å². The smallest absolute Gasteiger partial charge is 0.344 e. The minimum Gasteiger partial charge on any atom is -0.466 e. The Hall–Kier alpha value is -1.10. The van der Waals surface area contributed by atoms with E-state index in [1.807, 2.05) is 6.92 Å². The molecule has 13 heavy (non-hydrogen) atoms. The summed E-state index contributed by atoms with van der Waals surface area (Å²) in [6.45, 7) is 3.02. The molecule has 0 fully saturated rings. The highest BCUT2D eigenvalue weighted by Gasteiger charge is 2.05. The summed E-state index contributed by atoms with van der Waals surface area (Å²) >= 11 is 0. The molecule has 0 aromatic rings. The number of methoxy groups -OCH3 is 1. The van der Waals surface area contributed by atoms with E-state index >= 15 is 0 Å². The van der Waals surface area contributed by atoms with Crippen LogP contribution in [0.5, 0.6) is 0 Å².